The van der Waals surface area contributed by atoms with Crippen LogP contribution in [0.2, 0.25) is 0 Å². The SMILES string of the molecule is CCCn1c(=O)n(CC(O)CC(=O)O)c2ccccc21. The molecule has 0 aliphatic rings. The Morgan fingerprint density at radius 1 is 1.25 bits per heavy atom. The maximum atomic E-state index is 12.4. The first kappa shape index (κ1) is 14.3. The smallest absolute Gasteiger partial charge is 0.329 e. The van der Waals surface area contributed by atoms with Crippen molar-refractivity contribution in [3.8, 4) is 0 Å². The maximum absolute atomic E-state index is 12.4. The van der Waals surface area contributed by atoms with Crippen molar-refractivity contribution in [3.05, 3.63) is 34.7 Å². The number of hydrogen-bond acceptors (Lipinski definition) is 3. The van der Waals surface area contributed by atoms with E-state index in [2.05, 4.69) is 0 Å². The monoisotopic (exact) mass is 278 g/mol. The van der Waals surface area contributed by atoms with Crippen LogP contribution in [0.3, 0.4) is 0 Å². The lowest BCUT2D eigenvalue weighted by Gasteiger charge is -2.08. The zero-order valence-electron chi connectivity index (χ0n) is 11.3. The molecule has 0 saturated carbocycles. The van der Waals surface area contributed by atoms with Gasteiger partial charge in [0, 0.05) is 6.54 Å². The third kappa shape index (κ3) is 2.75. The summed E-state index contributed by atoms with van der Waals surface area (Å²) in [6.45, 7) is 2.57. The van der Waals surface area contributed by atoms with Gasteiger partial charge >= 0.3 is 11.7 Å². The maximum Gasteiger partial charge on any atom is 0.329 e. The highest BCUT2D eigenvalue weighted by atomic mass is 16.4. The molecule has 2 rings (SSSR count). The molecule has 108 valence electrons. The molecule has 1 aromatic heterocycles. The van der Waals surface area contributed by atoms with E-state index in [-0.39, 0.29) is 18.7 Å². The Balaban J connectivity index is 2.45. The molecule has 20 heavy (non-hydrogen) atoms. The topological polar surface area (TPSA) is 84.5 Å². The fraction of sp³-hybridized carbons (Fsp3) is 0.429. The molecule has 1 heterocycles. The summed E-state index contributed by atoms with van der Waals surface area (Å²) in [6.07, 6.45) is -0.628. The van der Waals surface area contributed by atoms with Crippen LogP contribution < -0.4 is 5.69 Å². The third-order valence-corrected chi connectivity index (χ3v) is 3.18. The van der Waals surface area contributed by atoms with Gasteiger partial charge in [0.1, 0.15) is 0 Å². The molecule has 1 aromatic carbocycles. The van der Waals surface area contributed by atoms with Crippen LogP contribution in [0.4, 0.5) is 0 Å². The number of aliphatic hydroxyl groups excluding tert-OH is 1. The van der Waals surface area contributed by atoms with Crippen LogP contribution >= 0.6 is 0 Å². The van der Waals surface area contributed by atoms with Gasteiger partial charge in [-0.05, 0) is 18.6 Å². The number of carboxylic acids is 1. The van der Waals surface area contributed by atoms with Gasteiger partial charge in [-0.25, -0.2) is 4.79 Å². The Labute approximate surface area is 115 Å². The van der Waals surface area contributed by atoms with Gasteiger partial charge in [-0.1, -0.05) is 19.1 Å². The number of rotatable bonds is 6. The number of imidazole rings is 1. The lowest BCUT2D eigenvalue weighted by Crippen LogP contribution is -2.29. The Bertz CT molecular complexity index is 671. The fourth-order valence-corrected chi connectivity index (χ4v) is 2.37. The molecule has 2 aromatic rings. The van der Waals surface area contributed by atoms with Gasteiger partial charge < -0.3 is 10.2 Å². The molecule has 0 fully saturated rings. The summed E-state index contributed by atoms with van der Waals surface area (Å²) in [6, 6.07) is 7.33. The number of carbonyl (C=O) groups is 1. The standard InChI is InChI=1S/C14H18N2O4/c1-2-7-15-11-5-3-4-6-12(11)16(14(15)20)9-10(17)8-13(18)19/h3-6,10,17H,2,7-9H2,1H3,(H,18,19). The molecule has 0 saturated heterocycles. The molecule has 0 bridgehead atoms. The van der Waals surface area contributed by atoms with Crippen LogP contribution in [-0.4, -0.2) is 31.4 Å². The molecule has 0 aliphatic heterocycles. The predicted octanol–water partition coefficient (Wildman–Crippen LogP) is 1.05. The molecule has 0 amide bonds. The number of hydrogen-bond donors (Lipinski definition) is 2. The number of aliphatic hydroxyl groups is 1. The highest BCUT2D eigenvalue weighted by Crippen LogP contribution is 2.14. The Kier molecular flexibility index (Phi) is 4.24. The van der Waals surface area contributed by atoms with E-state index in [1.54, 1.807) is 10.6 Å². The number of para-hydroxylation sites is 2. The van der Waals surface area contributed by atoms with Crippen LogP contribution in [0, 0.1) is 0 Å². The average Bonchev–Trinajstić information content (AvgIpc) is 2.64. The van der Waals surface area contributed by atoms with Crippen molar-refractivity contribution in [1.29, 1.82) is 0 Å². The van der Waals surface area contributed by atoms with Crippen molar-refractivity contribution in [2.24, 2.45) is 0 Å². The van der Waals surface area contributed by atoms with Crippen LogP contribution in [0.15, 0.2) is 29.1 Å². The quantitative estimate of drug-likeness (QED) is 0.827. The van der Waals surface area contributed by atoms with E-state index in [1.165, 1.54) is 4.57 Å². The number of aliphatic carboxylic acids is 1. The summed E-state index contributed by atoms with van der Waals surface area (Å²) in [5.74, 6) is -1.08. The molecular weight excluding hydrogens is 260 g/mol. The largest absolute Gasteiger partial charge is 0.481 e. The average molecular weight is 278 g/mol. The van der Waals surface area contributed by atoms with Crippen molar-refractivity contribution in [3.63, 3.8) is 0 Å². The van der Waals surface area contributed by atoms with Crippen LogP contribution in [0.5, 0.6) is 0 Å². The van der Waals surface area contributed by atoms with Crippen molar-refractivity contribution < 1.29 is 15.0 Å². The van der Waals surface area contributed by atoms with Crippen LogP contribution in [0.25, 0.3) is 11.0 Å². The van der Waals surface area contributed by atoms with Gasteiger partial charge in [-0.15, -0.1) is 0 Å². The molecule has 2 N–H and O–H groups in total. The Hall–Kier alpha value is -2.08. The van der Waals surface area contributed by atoms with Crippen LogP contribution in [-0.2, 0) is 17.9 Å². The van der Waals surface area contributed by atoms with Gasteiger partial charge in [-0.3, -0.25) is 13.9 Å². The van der Waals surface area contributed by atoms with E-state index >= 15 is 0 Å². The lowest BCUT2D eigenvalue weighted by atomic mass is 10.2. The van der Waals surface area contributed by atoms with Gasteiger partial charge in [0.05, 0.1) is 30.1 Å². The first-order chi connectivity index (χ1) is 9.54. The second kappa shape index (κ2) is 5.92. The van der Waals surface area contributed by atoms with Crippen molar-refractivity contribution >= 4 is 17.0 Å². The Morgan fingerprint density at radius 2 is 1.85 bits per heavy atom. The number of fused-ring (bicyclic) bond motifs is 1. The first-order valence-electron chi connectivity index (χ1n) is 6.62. The van der Waals surface area contributed by atoms with Crippen LogP contribution in [0.1, 0.15) is 19.8 Å². The number of nitrogens with zero attached hydrogens (tertiary/aromatic N) is 2. The minimum absolute atomic E-state index is 0.0115. The van der Waals surface area contributed by atoms with E-state index < -0.39 is 12.1 Å². The zero-order valence-corrected chi connectivity index (χ0v) is 11.3. The van der Waals surface area contributed by atoms with E-state index in [0.29, 0.717) is 6.54 Å². The van der Waals surface area contributed by atoms with Gasteiger partial charge in [-0.2, -0.15) is 0 Å². The summed E-state index contributed by atoms with van der Waals surface area (Å²) >= 11 is 0. The van der Waals surface area contributed by atoms with E-state index in [0.717, 1.165) is 17.5 Å². The molecule has 1 unspecified atom stereocenters. The minimum atomic E-state index is -1.08. The van der Waals surface area contributed by atoms with Crippen molar-refractivity contribution in [1.82, 2.24) is 9.13 Å². The fourth-order valence-electron chi connectivity index (χ4n) is 2.37. The van der Waals surface area contributed by atoms with E-state index in [9.17, 15) is 14.7 Å². The minimum Gasteiger partial charge on any atom is -0.481 e. The van der Waals surface area contributed by atoms with Gasteiger partial charge in [0.15, 0.2) is 0 Å². The third-order valence-electron chi connectivity index (χ3n) is 3.18. The summed E-state index contributed by atoms with van der Waals surface area (Å²) in [5, 5.41) is 18.4. The predicted molar refractivity (Wildman–Crippen MR) is 74.7 cm³/mol. The molecular formula is C14H18N2O4. The highest BCUT2D eigenvalue weighted by molar-refractivity contribution is 5.76. The number of benzene rings is 1. The number of carboxylic acid groups (broad SMARTS) is 1. The first-order valence-corrected chi connectivity index (χ1v) is 6.62. The Morgan fingerprint density at radius 3 is 2.40 bits per heavy atom. The number of aromatic nitrogens is 2. The van der Waals surface area contributed by atoms with Crippen molar-refractivity contribution in [2.75, 3.05) is 0 Å². The molecule has 0 radical (unpaired) electrons. The normalized spacial score (nSPS) is 12.7. The second-order valence-corrected chi connectivity index (χ2v) is 4.79. The zero-order chi connectivity index (χ0) is 14.7. The summed E-state index contributed by atoms with van der Waals surface area (Å²) in [4.78, 5) is 23.0. The number of aryl methyl sites for hydroxylation is 1. The second-order valence-electron chi connectivity index (χ2n) is 4.79. The lowest BCUT2D eigenvalue weighted by molar-refractivity contribution is -0.139. The molecule has 0 spiro atoms. The van der Waals surface area contributed by atoms with E-state index in [4.69, 9.17) is 5.11 Å². The molecule has 1 atom stereocenters. The van der Waals surface area contributed by atoms with Crippen molar-refractivity contribution in [2.45, 2.75) is 39.0 Å². The highest BCUT2D eigenvalue weighted by Gasteiger charge is 2.16. The summed E-state index contributed by atoms with van der Waals surface area (Å²) < 4.78 is 3.10. The van der Waals surface area contributed by atoms with Gasteiger partial charge in [0.2, 0.25) is 0 Å². The van der Waals surface area contributed by atoms with Gasteiger partial charge in [0.25, 0.3) is 0 Å². The molecule has 0 aliphatic carbocycles. The van der Waals surface area contributed by atoms with E-state index in [1.807, 2.05) is 25.1 Å². The molecule has 6 nitrogen and oxygen atoms in total. The molecule has 6 heteroatoms. The summed E-state index contributed by atoms with van der Waals surface area (Å²) in [7, 11) is 0. The summed E-state index contributed by atoms with van der Waals surface area (Å²) in [5.41, 5.74) is 1.31.